The number of amidine groups is 1. The number of amides is 2. The van der Waals surface area contributed by atoms with Crippen molar-refractivity contribution in [3.8, 4) is 0 Å². The minimum absolute atomic E-state index is 0.0240. The van der Waals surface area contributed by atoms with E-state index >= 15 is 0 Å². The summed E-state index contributed by atoms with van der Waals surface area (Å²) in [7, 11) is 0. The molecule has 1 aliphatic heterocycles. The number of nitrogens with zero attached hydrogens (tertiary/aromatic N) is 3. The van der Waals surface area contributed by atoms with Gasteiger partial charge in [0.2, 0.25) is 11.8 Å². The Balaban J connectivity index is 2.21. The Morgan fingerprint density at radius 3 is 2.70 bits per heavy atom. The quantitative estimate of drug-likeness (QED) is 0.672. The highest BCUT2D eigenvalue weighted by atomic mass is 32.2. The number of nitro groups is 1. The molecule has 23 heavy (non-hydrogen) atoms. The van der Waals surface area contributed by atoms with Crippen LogP contribution in [0.25, 0.3) is 6.08 Å². The largest absolute Gasteiger partial charge is 0.304 e. The Labute approximate surface area is 136 Å². The molecule has 9 heteroatoms. The van der Waals surface area contributed by atoms with E-state index in [-0.39, 0.29) is 17.5 Å². The number of benzene rings is 1. The van der Waals surface area contributed by atoms with Gasteiger partial charge in [-0.1, -0.05) is 23.9 Å². The highest BCUT2D eigenvalue weighted by Gasteiger charge is 2.29. The average Bonchev–Trinajstić information content (AvgIpc) is 2.87. The number of carbonyl (C=O) groups is 2. The van der Waals surface area contributed by atoms with Crippen LogP contribution < -0.4 is 5.32 Å². The van der Waals surface area contributed by atoms with Crippen molar-refractivity contribution in [1.82, 2.24) is 10.3 Å². The van der Waals surface area contributed by atoms with E-state index in [0.717, 1.165) is 0 Å². The van der Waals surface area contributed by atoms with E-state index in [0.29, 0.717) is 10.7 Å². The summed E-state index contributed by atoms with van der Waals surface area (Å²) in [6, 6.07) is 6.29. The lowest BCUT2D eigenvalue weighted by Crippen LogP contribution is -2.27. The van der Waals surface area contributed by atoms with E-state index in [9.17, 15) is 19.7 Å². The zero-order valence-electron chi connectivity index (χ0n) is 12.4. The van der Waals surface area contributed by atoms with Crippen molar-refractivity contribution in [2.45, 2.75) is 19.2 Å². The second-order valence-corrected chi connectivity index (χ2v) is 5.74. The Bertz CT molecular complexity index is 716. The lowest BCUT2D eigenvalue weighted by atomic mass is 10.1. The molecule has 1 atom stereocenters. The van der Waals surface area contributed by atoms with E-state index in [4.69, 9.17) is 0 Å². The van der Waals surface area contributed by atoms with Gasteiger partial charge in [-0.3, -0.25) is 19.7 Å². The first-order valence-corrected chi connectivity index (χ1v) is 7.50. The second-order valence-electron chi connectivity index (χ2n) is 4.63. The van der Waals surface area contributed by atoms with Crippen LogP contribution in [-0.4, -0.2) is 32.3 Å². The minimum Gasteiger partial charge on any atom is -0.304 e. The Morgan fingerprint density at radius 2 is 2.09 bits per heavy atom. The monoisotopic (exact) mass is 334 g/mol. The fraction of sp³-hybridized carbons (Fsp3) is 0.214. The van der Waals surface area contributed by atoms with Crippen LogP contribution in [0, 0.1) is 10.1 Å². The van der Waals surface area contributed by atoms with Crippen molar-refractivity contribution in [1.29, 1.82) is 0 Å². The molecule has 0 radical (unpaired) electrons. The molecule has 2 amide bonds. The molecule has 0 fully saturated rings. The van der Waals surface area contributed by atoms with Gasteiger partial charge in [-0.15, -0.1) is 5.10 Å². The third-order valence-electron chi connectivity index (χ3n) is 2.85. The third kappa shape index (κ3) is 4.16. The average molecular weight is 334 g/mol. The van der Waals surface area contributed by atoms with E-state index in [1.165, 1.54) is 36.7 Å². The van der Waals surface area contributed by atoms with Crippen molar-refractivity contribution in [2.75, 3.05) is 0 Å². The van der Waals surface area contributed by atoms with Gasteiger partial charge in [-0.2, -0.15) is 0 Å². The normalized spacial score (nSPS) is 17.2. The van der Waals surface area contributed by atoms with E-state index in [1.807, 2.05) is 0 Å². The fourth-order valence-electron chi connectivity index (χ4n) is 1.90. The van der Waals surface area contributed by atoms with Crippen molar-refractivity contribution in [3.63, 3.8) is 0 Å². The number of hydrazone groups is 1. The van der Waals surface area contributed by atoms with Gasteiger partial charge in [0.05, 0.1) is 10.5 Å². The molecule has 1 aliphatic rings. The maximum Gasteiger partial charge on any atom is 0.276 e. The lowest BCUT2D eigenvalue weighted by molar-refractivity contribution is -0.385. The molecule has 2 rings (SSSR count). The molecule has 1 N–H and O–H groups in total. The molecule has 1 unspecified atom stereocenters. The van der Waals surface area contributed by atoms with Gasteiger partial charge < -0.3 is 5.32 Å². The number of carbonyl (C=O) groups excluding carboxylic acids is 2. The maximum absolute atomic E-state index is 11.6. The topological polar surface area (TPSA) is 105 Å². The summed E-state index contributed by atoms with van der Waals surface area (Å²) < 4.78 is 0. The van der Waals surface area contributed by atoms with E-state index < -0.39 is 10.3 Å². The van der Waals surface area contributed by atoms with E-state index in [2.05, 4.69) is 10.4 Å². The van der Waals surface area contributed by atoms with Crippen LogP contribution in [0.4, 0.5) is 5.69 Å². The number of thioether (sulfide) groups is 1. The highest BCUT2D eigenvalue weighted by Crippen LogP contribution is 2.28. The van der Waals surface area contributed by atoms with Crippen molar-refractivity contribution >= 4 is 40.5 Å². The van der Waals surface area contributed by atoms with Gasteiger partial charge in [0.1, 0.15) is 5.37 Å². The van der Waals surface area contributed by atoms with Crippen LogP contribution in [0.3, 0.4) is 0 Å². The molecule has 0 saturated carbocycles. The summed E-state index contributed by atoms with van der Waals surface area (Å²) in [5, 5.41) is 18.6. The molecular weight excluding hydrogens is 320 g/mol. The summed E-state index contributed by atoms with van der Waals surface area (Å²) >= 11 is 1.18. The molecule has 0 aromatic heterocycles. The Morgan fingerprint density at radius 1 is 1.39 bits per heavy atom. The molecule has 0 aliphatic carbocycles. The predicted molar refractivity (Wildman–Crippen MR) is 87.3 cm³/mol. The van der Waals surface area contributed by atoms with Crippen LogP contribution in [0.2, 0.25) is 0 Å². The number of para-hydroxylation sites is 1. The summed E-state index contributed by atoms with van der Waals surface area (Å²) in [6.07, 6.45) is 3.20. The first kappa shape index (κ1) is 16.7. The molecule has 1 heterocycles. The molecule has 8 nitrogen and oxygen atoms in total. The zero-order valence-corrected chi connectivity index (χ0v) is 13.2. The zero-order chi connectivity index (χ0) is 17.0. The highest BCUT2D eigenvalue weighted by molar-refractivity contribution is 8.14. The smallest absolute Gasteiger partial charge is 0.276 e. The first-order chi connectivity index (χ1) is 10.9. The summed E-state index contributed by atoms with van der Waals surface area (Å²) in [5.74, 6) is -0.585. The minimum atomic E-state index is -0.478. The van der Waals surface area contributed by atoms with Gasteiger partial charge in [0, 0.05) is 19.9 Å². The predicted octanol–water partition coefficient (Wildman–Crippen LogP) is 1.94. The van der Waals surface area contributed by atoms with Crippen LogP contribution in [-0.2, 0) is 9.59 Å². The van der Waals surface area contributed by atoms with Crippen molar-refractivity contribution in [2.24, 2.45) is 5.10 Å². The Kier molecular flexibility index (Phi) is 5.12. The second kappa shape index (κ2) is 7.05. The summed E-state index contributed by atoms with van der Waals surface area (Å²) in [6.45, 7) is 2.70. The molecule has 0 bridgehead atoms. The summed E-state index contributed by atoms with van der Waals surface area (Å²) in [4.78, 5) is 33.2. The van der Waals surface area contributed by atoms with Gasteiger partial charge >= 0.3 is 0 Å². The van der Waals surface area contributed by atoms with Crippen molar-refractivity contribution < 1.29 is 14.5 Å². The van der Waals surface area contributed by atoms with Gasteiger partial charge in [0.15, 0.2) is 5.17 Å². The third-order valence-corrected chi connectivity index (χ3v) is 3.86. The van der Waals surface area contributed by atoms with Crippen molar-refractivity contribution in [3.05, 3.63) is 46.0 Å². The number of hydrogen-bond acceptors (Lipinski definition) is 6. The van der Waals surface area contributed by atoms with Crippen LogP contribution in [0.1, 0.15) is 19.4 Å². The molecule has 0 saturated heterocycles. The molecule has 1 aromatic carbocycles. The van der Waals surface area contributed by atoms with Gasteiger partial charge in [-0.05, 0) is 18.2 Å². The number of rotatable bonds is 3. The SMILES string of the molecule is CC(=O)NC1=NN(C(C)=O)C(/C=C/c2ccccc2[N+](=O)[O-])S1. The Hall–Kier alpha value is -2.68. The number of nitro benzene ring substituents is 1. The van der Waals surface area contributed by atoms with Gasteiger partial charge in [0.25, 0.3) is 5.69 Å². The molecular formula is C14H14N4O4S. The fourth-order valence-corrected chi connectivity index (χ4v) is 2.92. The van der Waals surface area contributed by atoms with Gasteiger partial charge in [-0.25, -0.2) is 5.01 Å². The number of nitrogens with one attached hydrogen (secondary N) is 1. The first-order valence-electron chi connectivity index (χ1n) is 6.62. The van der Waals surface area contributed by atoms with Crippen LogP contribution >= 0.6 is 11.8 Å². The molecule has 120 valence electrons. The molecule has 1 aromatic rings. The van der Waals surface area contributed by atoms with E-state index in [1.54, 1.807) is 30.4 Å². The van der Waals surface area contributed by atoms with Crippen LogP contribution in [0.15, 0.2) is 35.4 Å². The molecule has 0 spiro atoms. The lowest BCUT2D eigenvalue weighted by Gasteiger charge is -2.14. The maximum atomic E-state index is 11.6. The number of hydrogen-bond donors (Lipinski definition) is 1. The summed E-state index contributed by atoms with van der Waals surface area (Å²) in [5.41, 5.74) is 0.402. The van der Waals surface area contributed by atoms with Crippen LogP contribution in [0.5, 0.6) is 0 Å². The standard InChI is InChI=1S/C14H14N4O4S/c1-9(19)15-14-16-17(10(2)20)13(23-14)8-7-11-5-3-4-6-12(11)18(21)22/h3-8,13H,1-2H3,(H,15,16,19)/b8-7+.